The highest BCUT2D eigenvalue weighted by molar-refractivity contribution is 7.15. The molecular formula is C22H21ClN2O3S. The Morgan fingerprint density at radius 3 is 2.59 bits per heavy atom. The second-order valence-corrected chi connectivity index (χ2v) is 7.95. The number of thiazole rings is 1. The lowest BCUT2D eigenvalue weighted by atomic mass is 10.2. The molecule has 1 heterocycles. The van der Waals surface area contributed by atoms with Crippen molar-refractivity contribution in [2.24, 2.45) is 0 Å². The third kappa shape index (κ3) is 5.82. The number of methoxy groups -OCH3 is 1. The van der Waals surface area contributed by atoms with Gasteiger partial charge in [0.25, 0.3) is 0 Å². The van der Waals surface area contributed by atoms with Gasteiger partial charge in [-0.3, -0.25) is 10.1 Å². The first kappa shape index (κ1) is 20.9. The van der Waals surface area contributed by atoms with Crippen LogP contribution in [-0.4, -0.2) is 18.0 Å². The molecule has 1 amide bonds. The van der Waals surface area contributed by atoms with Crippen molar-refractivity contribution < 1.29 is 14.3 Å². The lowest BCUT2D eigenvalue weighted by Gasteiger charge is -2.11. The number of carbonyl (C=O) groups excluding carboxylic acids is 1. The smallest absolute Gasteiger partial charge is 0.250 e. The first-order chi connectivity index (χ1) is 13.9. The van der Waals surface area contributed by atoms with Gasteiger partial charge in [0.2, 0.25) is 5.91 Å². The summed E-state index contributed by atoms with van der Waals surface area (Å²) in [7, 11) is 1.58. The van der Waals surface area contributed by atoms with Gasteiger partial charge in [0.05, 0.1) is 12.8 Å². The van der Waals surface area contributed by atoms with Crippen molar-refractivity contribution in [3.05, 3.63) is 75.3 Å². The standard InChI is InChI=1S/C22H21ClN2O3S/c1-14-15(2)29-22(24-14)25-21(26)11-7-16-6-10-19(20(12-16)27-3)28-13-17-4-8-18(23)9-5-17/h4-12H,13H2,1-3H3,(H,24,25,26). The molecule has 0 saturated carbocycles. The molecule has 0 aliphatic heterocycles. The molecule has 150 valence electrons. The van der Waals surface area contributed by atoms with Crippen molar-refractivity contribution in [2.45, 2.75) is 20.5 Å². The normalized spacial score (nSPS) is 10.9. The second-order valence-electron chi connectivity index (χ2n) is 6.31. The number of hydrogen-bond acceptors (Lipinski definition) is 5. The number of aromatic nitrogens is 1. The molecule has 2 aromatic carbocycles. The van der Waals surface area contributed by atoms with Crippen molar-refractivity contribution in [3.8, 4) is 11.5 Å². The van der Waals surface area contributed by atoms with E-state index in [1.54, 1.807) is 13.2 Å². The van der Waals surface area contributed by atoms with Gasteiger partial charge >= 0.3 is 0 Å². The summed E-state index contributed by atoms with van der Waals surface area (Å²) in [5, 5.41) is 4.05. The summed E-state index contributed by atoms with van der Waals surface area (Å²) in [6.07, 6.45) is 3.18. The molecule has 0 spiro atoms. The molecule has 0 aliphatic rings. The van der Waals surface area contributed by atoms with Gasteiger partial charge in [0.1, 0.15) is 6.61 Å². The molecule has 5 nitrogen and oxygen atoms in total. The van der Waals surface area contributed by atoms with E-state index >= 15 is 0 Å². The molecule has 0 fully saturated rings. The minimum atomic E-state index is -0.235. The molecular weight excluding hydrogens is 408 g/mol. The Balaban J connectivity index is 1.63. The monoisotopic (exact) mass is 428 g/mol. The van der Waals surface area contributed by atoms with Crippen LogP contribution in [0.4, 0.5) is 5.13 Å². The molecule has 7 heteroatoms. The number of rotatable bonds is 7. The van der Waals surface area contributed by atoms with Crippen molar-refractivity contribution in [2.75, 3.05) is 12.4 Å². The number of benzene rings is 2. The predicted molar refractivity (Wildman–Crippen MR) is 118 cm³/mol. The van der Waals surface area contributed by atoms with Gasteiger partial charge in [-0.05, 0) is 55.3 Å². The van der Waals surface area contributed by atoms with Crippen LogP contribution in [0.5, 0.6) is 11.5 Å². The number of carbonyl (C=O) groups is 1. The maximum absolute atomic E-state index is 12.1. The summed E-state index contributed by atoms with van der Waals surface area (Å²) in [5.74, 6) is 0.978. The number of aryl methyl sites for hydroxylation is 2. The second kappa shape index (κ2) is 9.58. The maximum atomic E-state index is 12.1. The Morgan fingerprint density at radius 1 is 1.17 bits per heavy atom. The Hall–Kier alpha value is -2.83. The van der Waals surface area contributed by atoms with E-state index in [2.05, 4.69) is 10.3 Å². The fourth-order valence-corrected chi connectivity index (χ4v) is 3.44. The topological polar surface area (TPSA) is 60.5 Å². The van der Waals surface area contributed by atoms with E-state index in [1.807, 2.05) is 56.3 Å². The summed E-state index contributed by atoms with van der Waals surface area (Å²) in [6.45, 7) is 4.29. The largest absolute Gasteiger partial charge is 0.493 e. The zero-order chi connectivity index (χ0) is 20.8. The first-order valence-electron chi connectivity index (χ1n) is 8.93. The summed E-state index contributed by atoms with van der Waals surface area (Å²) in [4.78, 5) is 17.5. The quantitative estimate of drug-likeness (QED) is 0.494. The lowest BCUT2D eigenvalue weighted by molar-refractivity contribution is -0.111. The van der Waals surface area contributed by atoms with E-state index < -0.39 is 0 Å². The van der Waals surface area contributed by atoms with E-state index in [-0.39, 0.29) is 5.91 Å². The third-order valence-electron chi connectivity index (χ3n) is 4.18. The van der Waals surface area contributed by atoms with Gasteiger partial charge in [-0.1, -0.05) is 29.8 Å². The molecule has 0 bridgehead atoms. The molecule has 0 aliphatic carbocycles. The number of amides is 1. The van der Waals surface area contributed by atoms with E-state index in [0.717, 1.165) is 21.7 Å². The van der Waals surface area contributed by atoms with Gasteiger partial charge in [0, 0.05) is 16.0 Å². The number of anilines is 1. The first-order valence-corrected chi connectivity index (χ1v) is 10.1. The average Bonchev–Trinajstić information content (AvgIpc) is 3.03. The summed E-state index contributed by atoms with van der Waals surface area (Å²) < 4.78 is 11.3. The van der Waals surface area contributed by atoms with Crippen LogP contribution in [0.15, 0.2) is 48.5 Å². The summed E-state index contributed by atoms with van der Waals surface area (Å²) in [5.41, 5.74) is 2.75. The van der Waals surface area contributed by atoms with Crippen LogP contribution in [-0.2, 0) is 11.4 Å². The molecule has 0 saturated heterocycles. The van der Waals surface area contributed by atoms with Gasteiger partial charge < -0.3 is 9.47 Å². The highest BCUT2D eigenvalue weighted by atomic mass is 35.5. The Labute approximate surface area is 179 Å². The highest BCUT2D eigenvalue weighted by Gasteiger charge is 2.07. The van der Waals surface area contributed by atoms with E-state index in [9.17, 15) is 4.79 Å². The molecule has 29 heavy (non-hydrogen) atoms. The van der Waals surface area contributed by atoms with Crippen LogP contribution in [0.1, 0.15) is 21.7 Å². The van der Waals surface area contributed by atoms with Crippen LogP contribution in [0, 0.1) is 13.8 Å². The van der Waals surface area contributed by atoms with Gasteiger partial charge in [-0.2, -0.15) is 0 Å². The Kier molecular flexibility index (Phi) is 6.90. The molecule has 1 N–H and O–H groups in total. The maximum Gasteiger partial charge on any atom is 0.250 e. The number of ether oxygens (including phenoxy) is 2. The summed E-state index contributed by atoms with van der Waals surface area (Å²) >= 11 is 7.36. The number of halogens is 1. The summed E-state index contributed by atoms with van der Waals surface area (Å²) in [6, 6.07) is 13.0. The predicted octanol–water partition coefficient (Wildman–Crippen LogP) is 5.65. The Morgan fingerprint density at radius 2 is 1.93 bits per heavy atom. The fourth-order valence-electron chi connectivity index (χ4n) is 2.49. The third-order valence-corrected chi connectivity index (χ3v) is 5.42. The van der Waals surface area contributed by atoms with Crippen LogP contribution in [0.2, 0.25) is 5.02 Å². The fraction of sp³-hybridized carbons (Fsp3) is 0.182. The molecule has 3 aromatic rings. The highest BCUT2D eigenvalue weighted by Crippen LogP contribution is 2.29. The molecule has 1 aromatic heterocycles. The number of hydrogen-bond donors (Lipinski definition) is 1. The minimum Gasteiger partial charge on any atom is -0.493 e. The van der Waals surface area contributed by atoms with Gasteiger partial charge in [-0.15, -0.1) is 11.3 Å². The zero-order valence-corrected chi connectivity index (χ0v) is 17.9. The average molecular weight is 429 g/mol. The van der Waals surface area contributed by atoms with Crippen LogP contribution in [0.3, 0.4) is 0 Å². The van der Waals surface area contributed by atoms with Gasteiger partial charge in [0.15, 0.2) is 16.6 Å². The molecule has 0 unspecified atom stereocenters. The SMILES string of the molecule is COc1cc(C=CC(=O)Nc2nc(C)c(C)s2)ccc1OCc1ccc(Cl)cc1. The Bertz CT molecular complexity index is 1010. The zero-order valence-electron chi connectivity index (χ0n) is 16.4. The number of nitrogens with one attached hydrogen (secondary N) is 1. The number of nitrogens with zero attached hydrogens (tertiary/aromatic N) is 1. The van der Waals surface area contributed by atoms with Crippen LogP contribution in [0.25, 0.3) is 6.08 Å². The minimum absolute atomic E-state index is 0.235. The van der Waals surface area contributed by atoms with E-state index in [0.29, 0.717) is 28.3 Å². The van der Waals surface area contributed by atoms with Crippen molar-refractivity contribution >= 4 is 40.1 Å². The lowest BCUT2D eigenvalue weighted by Crippen LogP contribution is -2.07. The molecule has 3 rings (SSSR count). The van der Waals surface area contributed by atoms with Crippen LogP contribution >= 0.6 is 22.9 Å². The molecule has 0 radical (unpaired) electrons. The van der Waals surface area contributed by atoms with Crippen molar-refractivity contribution in [1.82, 2.24) is 4.98 Å². The van der Waals surface area contributed by atoms with Gasteiger partial charge in [-0.25, -0.2) is 4.98 Å². The van der Waals surface area contributed by atoms with E-state index in [1.165, 1.54) is 17.4 Å². The van der Waals surface area contributed by atoms with E-state index in [4.69, 9.17) is 21.1 Å². The molecule has 0 atom stereocenters. The van der Waals surface area contributed by atoms with Crippen LogP contribution < -0.4 is 14.8 Å². The van der Waals surface area contributed by atoms with Crippen molar-refractivity contribution in [3.63, 3.8) is 0 Å². The van der Waals surface area contributed by atoms with Crippen molar-refractivity contribution in [1.29, 1.82) is 0 Å².